The van der Waals surface area contributed by atoms with Crippen LogP contribution >= 0.6 is 11.6 Å². The molecule has 6 nitrogen and oxygen atoms in total. The van der Waals surface area contributed by atoms with Gasteiger partial charge in [0, 0.05) is 23.8 Å². The van der Waals surface area contributed by atoms with E-state index in [1.54, 1.807) is 42.6 Å². The summed E-state index contributed by atoms with van der Waals surface area (Å²) in [5.41, 5.74) is 1.65. The Morgan fingerprint density at radius 1 is 1.32 bits per heavy atom. The van der Waals surface area contributed by atoms with Gasteiger partial charge in [-0.25, -0.2) is 13.4 Å². The van der Waals surface area contributed by atoms with Gasteiger partial charge in [-0.1, -0.05) is 17.7 Å². The molecule has 1 aliphatic heterocycles. The van der Waals surface area contributed by atoms with Gasteiger partial charge in [0.05, 0.1) is 23.4 Å². The normalized spacial score (nSPS) is 18.7. The molecule has 132 valence electrons. The lowest BCUT2D eigenvalue weighted by Gasteiger charge is -2.25. The molecule has 8 heteroatoms. The Kier molecular flexibility index (Phi) is 4.96. The monoisotopic (exact) mass is 379 g/mol. The van der Waals surface area contributed by atoms with Crippen LogP contribution < -0.4 is 10.2 Å². The number of carbonyl (C=O) groups is 1. The molecule has 1 aromatic carbocycles. The molecule has 1 N–H and O–H groups in total. The summed E-state index contributed by atoms with van der Waals surface area (Å²) in [6, 6.07) is 10.2. The highest BCUT2D eigenvalue weighted by Crippen LogP contribution is 2.22. The van der Waals surface area contributed by atoms with Crippen LogP contribution in [0.5, 0.6) is 0 Å². The number of aromatic nitrogens is 1. The molecule has 1 aromatic heterocycles. The third-order valence-electron chi connectivity index (χ3n) is 4.23. The lowest BCUT2D eigenvalue weighted by Crippen LogP contribution is -2.32. The number of sulfone groups is 1. The number of pyridine rings is 1. The van der Waals surface area contributed by atoms with Gasteiger partial charge < -0.3 is 10.2 Å². The van der Waals surface area contributed by atoms with Crippen LogP contribution in [0.3, 0.4) is 0 Å². The van der Waals surface area contributed by atoms with E-state index in [-0.39, 0.29) is 29.1 Å². The molecule has 1 amide bonds. The molecule has 0 spiro atoms. The molecule has 1 aliphatic rings. The lowest BCUT2D eigenvalue weighted by atomic mass is 10.2. The van der Waals surface area contributed by atoms with Crippen molar-refractivity contribution in [3.8, 4) is 0 Å². The number of rotatable bonds is 4. The minimum absolute atomic E-state index is 0.0575. The minimum Gasteiger partial charge on any atom is -0.369 e. The van der Waals surface area contributed by atoms with E-state index in [0.717, 1.165) is 5.69 Å². The Balaban J connectivity index is 1.68. The number of hydrogen-bond acceptors (Lipinski definition) is 5. The molecular weight excluding hydrogens is 362 g/mol. The van der Waals surface area contributed by atoms with Gasteiger partial charge in [0.25, 0.3) is 5.91 Å². The van der Waals surface area contributed by atoms with Crippen molar-refractivity contribution < 1.29 is 13.2 Å². The summed E-state index contributed by atoms with van der Waals surface area (Å²) in [7, 11) is -1.10. The number of amides is 1. The summed E-state index contributed by atoms with van der Waals surface area (Å²) >= 11 is 5.90. The van der Waals surface area contributed by atoms with Gasteiger partial charge in [-0.05, 0) is 36.8 Å². The van der Waals surface area contributed by atoms with Crippen molar-refractivity contribution in [2.24, 2.45) is 0 Å². The fourth-order valence-corrected chi connectivity index (χ4v) is 4.75. The molecule has 0 bridgehead atoms. The van der Waals surface area contributed by atoms with Crippen molar-refractivity contribution in [2.45, 2.75) is 12.5 Å². The van der Waals surface area contributed by atoms with E-state index >= 15 is 0 Å². The Morgan fingerprint density at radius 2 is 2.12 bits per heavy atom. The van der Waals surface area contributed by atoms with Crippen LogP contribution in [0.25, 0.3) is 0 Å². The molecule has 1 saturated heterocycles. The van der Waals surface area contributed by atoms with Crippen molar-refractivity contribution in [3.63, 3.8) is 0 Å². The van der Waals surface area contributed by atoms with Crippen LogP contribution in [-0.2, 0) is 9.84 Å². The van der Waals surface area contributed by atoms with Crippen molar-refractivity contribution >= 4 is 38.7 Å². The summed E-state index contributed by atoms with van der Waals surface area (Å²) in [5.74, 6) is 0.0377. The maximum Gasteiger partial charge on any atom is 0.274 e. The van der Waals surface area contributed by atoms with Crippen molar-refractivity contribution in [1.82, 2.24) is 4.98 Å². The Morgan fingerprint density at radius 3 is 2.72 bits per heavy atom. The van der Waals surface area contributed by atoms with E-state index in [4.69, 9.17) is 11.6 Å². The number of halogens is 1. The van der Waals surface area contributed by atoms with Crippen LogP contribution in [-0.4, -0.2) is 43.9 Å². The smallest absolute Gasteiger partial charge is 0.274 e. The van der Waals surface area contributed by atoms with Crippen LogP contribution in [0.1, 0.15) is 16.9 Å². The molecule has 2 heterocycles. The number of nitrogens with one attached hydrogen (secondary N) is 1. The summed E-state index contributed by atoms with van der Waals surface area (Å²) in [5, 5.41) is 3.27. The van der Waals surface area contributed by atoms with E-state index in [2.05, 4.69) is 10.3 Å². The third kappa shape index (κ3) is 4.29. The summed E-state index contributed by atoms with van der Waals surface area (Å²) in [6.45, 7) is 0. The van der Waals surface area contributed by atoms with Gasteiger partial charge in [-0.3, -0.25) is 4.79 Å². The first-order chi connectivity index (χ1) is 11.8. The first-order valence-electron chi connectivity index (χ1n) is 7.80. The van der Waals surface area contributed by atoms with E-state index in [0.29, 0.717) is 17.1 Å². The number of nitrogens with zero attached hydrogens (tertiary/aromatic N) is 2. The van der Waals surface area contributed by atoms with Crippen LogP contribution in [0.15, 0.2) is 42.6 Å². The molecule has 0 radical (unpaired) electrons. The van der Waals surface area contributed by atoms with E-state index in [1.807, 2.05) is 11.9 Å². The van der Waals surface area contributed by atoms with Crippen molar-refractivity contribution in [2.75, 3.05) is 28.8 Å². The molecule has 3 rings (SSSR count). The second-order valence-corrected chi connectivity index (χ2v) is 8.70. The quantitative estimate of drug-likeness (QED) is 0.883. The second-order valence-electron chi connectivity index (χ2n) is 6.03. The number of anilines is 2. The summed E-state index contributed by atoms with van der Waals surface area (Å²) in [6.07, 6.45) is 2.19. The lowest BCUT2D eigenvalue weighted by molar-refractivity contribution is 0.102. The van der Waals surface area contributed by atoms with Gasteiger partial charge in [0.2, 0.25) is 0 Å². The van der Waals surface area contributed by atoms with Crippen molar-refractivity contribution in [3.05, 3.63) is 53.3 Å². The zero-order chi connectivity index (χ0) is 18.0. The average molecular weight is 380 g/mol. The predicted octanol–water partition coefficient (Wildman–Crippen LogP) is 2.61. The van der Waals surface area contributed by atoms with Crippen LogP contribution in [0, 0.1) is 0 Å². The molecule has 1 atom stereocenters. The molecular formula is C17H18ClN3O3S. The highest BCUT2D eigenvalue weighted by Gasteiger charge is 2.30. The number of hydrogen-bond donors (Lipinski definition) is 1. The van der Waals surface area contributed by atoms with E-state index in [9.17, 15) is 13.2 Å². The zero-order valence-corrected chi connectivity index (χ0v) is 15.2. The average Bonchev–Trinajstić information content (AvgIpc) is 2.94. The fourth-order valence-electron chi connectivity index (χ4n) is 2.78. The van der Waals surface area contributed by atoms with Crippen molar-refractivity contribution in [1.29, 1.82) is 0 Å². The molecule has 0 saturated carbocycles. The second kappa shape index (κ2) is 7.01. The SMILES string of the molecule is CN(c1ccc(C(=O)Nc2cccc(Cl)c2)nc1)C1CCS(=O)(=O)C1. The minimum atomic E-state index is -2.95. The first kappa shape index (κ1) is 17.7. The Hall–Kier alpha value is -2.12. The van der Waals surface area contributed by atoms with Crippen LogP contribution in [0.4, 0.5) is 11.4 Å². The van der Waals surface area contributed by atoms with Gasteiger partial charge in [0.1, 0.15) is 5.69 Å². The van der Waals surface area contributed by atoms with Gasteiger partial charge in [-0.15, -0.1) is 0 Å². The van der Waals surface area contributed by atoms with Crippen LogP contribution in [0.2, 0.25) is 5.02 Å². The largest absolute Gasteiger partial charge is 0.369 e. The highest BCUT2D eigenvalue weighted by atomic mass is 35.5. The maximum absolute atomic E-state index is 12.2. The van der Waals surface area contributed by atoms with Gasteiger partial charge >= 0.3 is 0 Å². The zero-order valence-electron chi connectivity index (χ0n) is 13.6. The molecule has 1 unspecified atom stereocenters. The highest BCUT2D eigenvalue weighted by molar-refractivity contribution is 7.91. The Labute approximate surface area is 151 Å². The molecule has 0 aliphatic carbocycles. The molecule has 1 fully saturated rings. The Bertz CT molecular complexity index is 884. The predicted molar refractivity (Wildman–Crippen MR) is 99.1 cm³/mol. The standard InChI is InChI=1S/C17H18ClN3O3S/c1-21(15-7-8-25(23,24)11-15)14-5-6-16(19-10-14)17(22)20-13-4-2-3-12(18)9-13/h2-6,9-10,15H,7-8,11H2,1H3,(H,20,22). The fraction of sp³-hybridized carbons (Fsp3) is 0.294. The topological polar surface area (TPSA) is 79.4 Å². The maximum atomic E-state index is 12.2. The molecule has 2 aromatic rings. The number of benzene rings is 1. The van der Waals surface area contributed by atoms with E-state index in [1.165, 1.54) is 0 Å². The summed E-state index contributed by atoms with van der Waals surface area (Å²) < 4.78 is 23.2. The van der Waals surface area contributed by atoms with E-state index < -0.39 is 9.84 Å². The number of carbonyl (C=O) groups excluding carboxylic acids is 1. The van der Waals surface area contributed by atoms with Gasteiger partial charge in [0.15, 0.2) is 9.84 Å². The first-order valence-corrected chi connectivity index (χ1v) is 10.0. The molecule has 25 heavy (non-hydrogen) atoms. The van der Waals surface area contributed by atoms with Gasteiger partial charge in [-0.2, -0.15) is 0 Å². The third-order valence-corrected chi connectivity index (χ3v) is 6.21. The summed E-state index contributed by atoms with van der Waals surface area (Å²) in [4.78, 5) is 18.3.